The second-order valence-corrected chi connectivity index (χ2v) is 3.34. The van der Waals surface area contributed by atoms with Crippen molar-refractivity contribution in [3.63, 3.8) is 0 Å². The summed E-state index contributed by atoms with van der Waals surface area (Å²) < 4.78 is 18.3. The maximum absolute atomic E-state index is 13.5. The first kappa shape index (κ1) is 13.0. The Morgan fingerprint density at radius 1 is 1.65 bits per heavy atom. The molecule has 17 heavy (non-hydrogen) atoms. The van der Waals surface area contributed by atoms with E-state index in [1.54, 1.807) is 0 Å². The molecule has 0 fully saturated rings. The zero-order valence-corrected chi connectivity index (χ0v) is 9.14. The number of rotatable bonds is 6. The number of aliphatic carboxylic acids is 1. The van der Waals surface area contributed by atoms with E-state index in [0.717, 1.165) is 6.07 Å². The molecule has 92 valence electrons. The third kappa shape index (κ3) is 3.44. The van der Waals surface area contributed by atoms with E-state index >= 15 is 0 Å². The van der Waals surface area contributed by atoms with Gasteiger partial charge in [0, 0.05) is 12.5 Å². The standard InChI is InChI=1S/C11H12FNO4/c1-17-8-3-2-7(9(12)5-8)4-10(11(15)16)13-6-14/h2-3,5-6,10H,4H2,1H3,(H,13,14)(H,15,16). The number of nitrogens with one attached hydrogen (secondary N) is 1. The fraction of sp³-hybridized carbons (Fsp3) is 0.273. The van der Waals surface area contributed by atoms with Crippen molar-refractivity contribution in [2.24, 2.45) is 0 Å². The first-order valence-corrected chi connectivity index (χ1v) is 4.83. The minimum atomic E-state index is -1.22. The molecule has 1 atom stereocenters. The van der Waals surface area contributed by atoms with E-state index in [9.17, 15) is 14.0 Å². The van der Waals surface area contributed by atoms with Crippen LogP contribution in [0, 0.1) is 5.82 Å². The molecule has 1 aromatic rings. The van der Waals surface area contributed by atoms with Crippen molar-refractivity contribution in [1.82, 2.24) is 5.32 Å². The van der Waals surface area contributed by atoms with Gasteiger partial charge < -0.3 is 15.2 Å². The molecular weight excluding hydrogens is 229 g/mol. The van der Waals surface area contributed by atoms with E-state index in [1.807, 2.05) is 0 Å². The van der Waals surface area contributed by atoms with Gasteiger partial charge >= 0.3 is 5.97 Å². The number of methoxy groups -OCH3 is 1. The summed E-state index contributed by atoms with van der Waals surface area (Å²) >= 11 is 0. The van der Waals surface area contributed by atoms with Crippen LogP contribution in [0.15, 0.2) is 18.2 Å². The molecular formula is C11H12FNO4. The third-order valence-electron chi connectivity index (χ3n) is 2.25. The lowest BCUT2D eigenvalue weighted by molar-refractivity contribution is -0.140. The van der Waals surface area contributed by atoms with Gasteiger partial charge in [0.2, 0.25) is 6.41 Å². The third-order valence-corrected chi connectivity index (χ3v) is 2.25. The molecule has 0 heterocycles. The van der Waals surface area contributed by atoms with E-state index in [-0.39, 0.29) is 18.4 Å². The van der Waals surface area contributed by atoms with Crippen LogP contribution >= 0.6 is 0 Å². The van der Waals surface area contributed by atoms with Gasteiger partial charge in [-0.1, -0.05) is 6.07 Å². The summed E-state index contributed by atoms with van der Waals surface area (Å²) in [5.74, 6) is -1.43. The summed E-state index contributed by atoms with van der Waals surface area (Å²) in [6.45, 7) is 0. The average molecular weight is 241 g/mol. The van der Waals surface area contributed by atoms with Crippen LogP contribution in [0.2, 0.25) is 0 Å². The Balaban J connectivity index is 2.85. The van der Waals surface area contributed by atoms with Crippen LogP contribution in [-0.4, -0.2) is 30.6 Å². The minimum Gasteiger partial charge on any atom is -0.497 e. The molecule has 0 bridgehead atoms. The Bertz CT molecular complexity index is 422. The molecule has 0 aliphatic rings. The number of carboxylic acid groups (broad SMARTS) is 1. The number of carboxylic acids is 1. The summed E-state index contributed by atoms with van der Waals surface area (Å²) in [5.41, 5.74) is 0.201. The van der Waals surface area contributed by atoms with Crippen molar-refractivity contribution in [2.75, 3.05) is 7.11 Å². The van der Waals surface area contributed by atoms with E-state index in [4.69, 9.17) is 9.84 Å². The second-order valence-electron chi connectivity index (χ2n) is 3.34. The normalized spacial score (nSPS) is 11.6. The Hall–Kier alpha value is -2.11. The molecule has 1 amide bonds. The van der Waals surface area contributed by atoms with Gasteiger partial charge in [0.1, 0.15) is 17.6 Å². The second kappa shape index (κ2) is 5.83. The zero-order valence-electron chi connectivity index (χ0n) is 9.14. The van der Waals surface area contributed by atoms with E-state index in [0.29, 0.717) is 5.75 Å². The predicted molar refractivity (Wildman–Crippen MR) is 57.3 cm³/mol. The maximum atomic E-state index is 13.5. The van der Waals surface area contributed by atoms with Crippen molar-refractivity contribution in [1.29, 1.82) is 0 Å². The van der Waals surface area contributed by atoms with Crippen molar-refractivity contribution in [3.8, 4) is 5.75 Å². The summed E-state index contributed by atoms with van der Waals surface area (Å²) in [4.78, 5) is 21.0. The van der Waals surface area contributed by atoms with Gasteiger partial charge in [-0.15, -0.1) is 0 Å². The topological polar surface area (TPSA) is 75.6 Å². The highest BCUT2D eigenvalue weighted by Gasteiger charge is 2.18. The van der Waals surface area contributed by atoms with Crippen molar-refractivity contribution in [2.45, 2.75) is 12.5 Å². The van der Waals surface area contributed by atoms with Gasteiger partial charge in [0.15, 0.2) is 0 Å². The average Bonchev–Trinajstić information content (AvgIpc) is 2.30. The molecule has 0 aliphatic carbocycles. The first-order chi connectivity index (χ1) is 8.08. The summed E-state index contributed by atoms with van der Waals surface area (Å²) in [6, 6.07) is 2.97. The van der Waals surface area contributed by atoms with Crippen LogP contribution in [0.3, 0.4) is 0 Å². The molecule has 1 rings (SSSR count). The Labute approximate surface area is 97.2 Å². The highest BCUT2D eigenvalue weighted by Crippen LogP contribution is 2.17. The Morgan fingerprint density at radius 2 is 2.35 bits per heavy atom. The summed E-state index contributed by atoms with van der Waals surface area (Å²) in [7, 11) is 1.41. The number of halogens is 1. The highest BCUT2D eigenvalue weighted by atomic mass is 19.1. The number of carbonyl (C=O) groups excluding carboxylic acids is 1. The lowest BCUT2D eigenvalue weighted by Gasteiger charge is -2.12. The molecule has 0 saturated carbocycles. The van der Waals surface area contributed by atoms with Crippen LogP contribution in [0.25, 0.3) is 0 Å². The largest absolute Gasteiger partial charge is 0.497 e. The van der Waals surface area contributed by atoms with Gasteiger partial charge in [-0.2, -0.15) is 0 Å². The minimum absolute atomic E-state index is 0.121. The number of amides is 1. The van der Waals surface area contributed by atoms with E-state index < -0.39 is 17.8 Å². The molecule has 0 spiro atoms. The van der Waals surface area contributed by atoms with Crippen LogP contribution in [-0.2, 0) is 16.0 Å². The number of hydrogen-bond donors (Lipinski definition) is 2. The van der Waals surface area contributed by atoms with Crippen molar-refractivity contribution >= 4 is 12.4 Å². The number of benzene rings is 1. The predicted octanol–water partition coefficient (Wildman–Crippen LogP) is 0.576. The molecule has 0 saturated heterocycles. The van der Waals surface area contributed by atoms with Crippen LogP contribution in [0.4, 0.5) is 4.39 Å². The van der Waals surface area contributed by atoms with E-state index in [2.05, 4.69) is 5.32 Å². The molecule has 1 unspecified atom stereocenters. The fourth-order valence-corrected chi connectivity index (χ4v) is 1.34. The van der Waals surface area contributed by atoms with Gasteiger partial charge in [-0.05, 0) is 11.6 Å². The van der Waals surface area contributed by atoms with Crippen LogP contribution in [0.5, 0.6) is 5.75 Å². The summed E-state index contributed by atoms with van der Waals surface area (Å²) in [6.07, 6.45) is 0.157. The molecule has 6 heteroatoms. The first-order valence-electron chi connectivity index (χ1n) is 4.83. The van der Waals surface area contributed by atoms with Crippen molar-refractivity contribution < 1.29 is 23.8 Å². The quantitative estimate of drug-likeness (QED) is 0.714. The molecule has 0 radical (unpaired) electrons. The summed E-state index contributed by atoms with van der Waals surface area (Å²) in [5, 5.41) is 10.9. The zero-order chi connectivity index (χ0) is 12.8. The van der Waals surface area contributed by atoms with Gasteiger partial charge in [-0.25, -0.2) is 9.18 Å². The SMILES string of the molecule is COc1ccc(CC(NC=O)C(=O)O)c(F)c1. The smallest absolute Gasteiger partial charge is 0.326 e. The number of ether oxygens (including phenoxy) is 1. The van der Waals surface area contributed by atoms with Gasteiger partial charge in [-0.3, -0.25) is 4.79 Å². The van der Waals surface area contributed by atoms with Gasteiger partial charge in [0.05, 0.1) is 7.11 Å². The van der Waals surface area contributed by atoms with Crippen molar-refractivity contribution in [3.05, 3.63) is 29.6 Å². The lowest BCUT2D eigenvalue weighted by atomic mass is 10.1. The fourth-order valence-electron chi connectivity index (χ4n) is 1.34. The highest BCUT2D eigenvalue weighted by molar-refractivity contribution is 5.76. The number of hydrogen-bond acceptors (Lipinski definition) is 3. The molecule has 1 aromatic carbocycles. The van der Waals surface area contributed by atoms with E-state index in [1.165, 1.54) is 19.2 Å². The Morgan fingerprint density at radius 3 is 2.82 bits per heavy atom. The van der Waals surface area contributed by atoms with Crippen LogP contribution in [0.1, 0.15) is 5.56 Å². The molecule has 0 aromatic heterocycles. The Kier molecular flexibility index (Phi) is 4.45. The monoisotopic (exact) mass is 241 g/mol. The lowest BCUT2D eigenvalue weighted by Crippen LogP contribution is -2.37. The molecule has 2 N–H and O–H groups in total. The molecule has 0 aliphatic heterocycles. The maximum Gasteiger partial charge on any atom is 0.326 e. The van der Waals surface area contributed by atoms with Crippen LogP contribution < -0.4 is 10.1 Å². The number of carbonyl (C=O) groups is 2. The van der Waals surface area contributed by atoms with Gasteiger partial charge in [0.25, 0.3) is 0 Å². The molecule has 5 nitrogen and oxygen atoms in total.